The Kier molecular flexibility index (Phi) is 5.56. The molecule has 2 aromatic heterocycles. The lowest BCUT2D eigenvalue weighted by Gasteiger charge is -2.46. The molecule has 3 aromatic rings. The van der Waals surface area contributed by atoms with Crippen molar-refractivity contribution in [1.29, 1.82) is 0 Å². The Morgan fingerprint density at radius 2 is 1.94 bits per heavy atom. The van der Waals surface area contributed by atoms with Gasteiger partial charge in [-0.1, -0.05) is 19.9 Å². The molecular formula is C25H28F2N6O2. The van der Waals surface area contributed by atoms with E-state index < -0.39 is 12.0 Å². The maximum atomic E-state index is 15.5. The Labute approximate surface area is 202 Å². The second-order valence-corrected chi connectivity index (χ2v) is 10.4. The summed E-state index contributed by atoms with van der Waals surface area (Å²) in [4.78, 5) is 13.9. The van der Waals surface area contributed by atoms with Crippen molar-refractivity contribution in [1.82, 2.24) is 25.1 Å². The van der Waals surface area contributed by atoms with E-state index in [1.54, 1.807) is 18.3 Å². The molecule has 0 unspecified atom stereocenters. The van der Waals surface area contributed by atoms with E-state index in [1.807, 2.05) is 18.9 Å². The second kappa shape index (κ2) is 8.35. The number of phenolic OH excluding ortho intramolecular Hbond substituents is 1. The Hall–Kier alpha value is -3.43. The molecular weight excluding hydrogens is 454 g/mol. The first kappa shape index (κ1) is 23.3. The molecule has 1 N–H and O–H groups in total. The van der Waals surface area contributed by atoms with Gasteiger partial charge in [0.1, 0.15) is 17.6 Å². The van der Waals surface area contributed by atoms with Crippen LogP contribution in [0.5, 0.6) is 11.8 Å². The molecule has 0 amide bonds. The molecule has 1 aromatic carbocycles. The zero-order valence-electron chi connectivity index (χ0n) is 20.2. The highest BCUT2D eigenvalue weighted by Crippen LogP contribution is 2.59. The van der Waals surface area contributed by atoms with Crippen molar-refractivity contribution < 1.29 is 18.6 Å². The number of aromatic hydroxyl groups is 1. The Morgan fingerprint density at radius 3 is 2.63 bits per heavy atom. The van der Waals surface area contributed by atoms with Gasteiger partial charge in [0.15, 0.2) is 17.5 Å². The lowest BCUT2D eigenvalue weighted by molar-refractivity contribution is 0.0380. The van der Waals surface area contributed by atoms with Crippen molar-refractivity contribution in [3.8, 4) is 34.4 Å². The predicted octanol–water partition coefficient (Wildman–Crippen LogP) is 4.59. The normalized spacial score (nSPS) is 27.6. The summed E-state index contributed by atoms with van der Waals surface area (Å²) in [7, 11) is 3.22. The second-order valence-electron chi connectivity index (χ2n) is 10.4. The van der Waals surface area contributed by atoms with E-state index in [4.69, 9.17) is 4.74 Å². The van der Waals surface area contributed by atoms with Crippen LogP contribution in [0.15, 0.2) is 30.6 Å². The maximum absolute atomic E-state index is 15.5. The third-order valence-electron chi connectivity index (χ3n) is 7.66. The largest absolute Gasteiger partial charge is 0.507 e. The van der Waals surface area contributed by atoms with Gasteiger partial charge in [0.25, 0.3) is 0 Å². The van der Waals surface area contributed by atoms with Gasteiger partial charge in [0.2, 0.25) is 0 Å². The van der Waals surface area contributed by atoms with E-state index in [1.165, 1.54) is 13.2 Å². The van der Waals surface area contributed by atoms with Gasteiger partial charge in [-0.05, 0) is 43.2 Å². The number of hydrogen-bond donors (Lipinski definition) is 1. The van der Waals surface area contributed by atoms with Crippen molar-refractivity contribution in [3.63, 3.8) is 0 Å². The molecule has 35 heavy (non-hydrogen) atoms. The summed E-state index contributed by atoms with van der Waals surface area (Å²) in [6.45, 7) is 4.29. The minimum atomic E-state index is -0.957. The molecule has 0 aliphatic heterocycles. The van der Waals surface area contributed by atoms with Crippen molar-refractivity contribution >= 4 is 5.82 Å². The Bertz CT molecular complexity index is 1260. The number of rotatable bonds is 5. The third kappa shape index (κ3) is 4.04. The molecule has 4 atom stereocenters. The zero-order valence-corrected chi connectivity index (χ0v) is 20.2. The minimum absolute atomic E-state index is 0.000617. The van der Waals surface area contributed by atoms with E-state index in [9.17, 15) is 9.50 Å². The standard InChI is InChI=1S/C25H28F2N6O2/c1-24-7-8-25(2,13-24)21(27)17(10-24)33(3)19-12-28-22(32-31-19)15-6-5-14(9-18(15)34)20-16(26)11-29-23(30-20)35-4/h5-6,9,11-12,17,21,34H,7-8,10,13H2,1-4H3/t17-,21-,24-,25-/m0/s1. The van der Waals surface area contributed by atoms with Gasteiger partial charge in [-0.3, -0.25) is 0 Å². The number of alkyl halides is 1. The van der Waals surface area contributed by atoms with Crippen LogP contribution in [0.2, 0.25) is 0 Å². The van der Waals surface area contributed by atoms with Crippen LogP contribution in [-0.2, 0) is 0 Å². The van der Waals surface area contributed by atoms with Crippen molar-refractivity contribution in [2.24, 2.45) is 10.8 Å². The van der Waals surface area contributed by atoms with Crippen LogP contribution in [0, 0.1) is 16.6 Å². The molecule has 2 aliphatic rings. The van der Waals surface area contributed by atoms with Gasteiger partial charge in [-0.2, -0.15) is 4.98 Å². The summed E-state index contributed by atoms with van der Waals surface area (Å²) in [5, 5.41) is 19.1. The van der Waals surface area contributed by atoms with Gasteiger partial charge in [-0.25, -0.2) is 18.7 Å². The highest BCUT2D eigenvalue weighted by Gasteiger charge is 2.56. The molecule has 2 bridgehead atoms. The Morgan fingerprint density at radius 1 is 1.14 bits per heavy atom. The molecule has 2 heterocycles. The highest BCUT2D eigenvalue weighted by atomic mass is 19.1. The highest BCUT2D eigenvalue weighted by molar-refractivity contribution is 5.71. The van der Waals surface area contributed by atoms with E-state index >= 15 is 4.39 Å². The fraction of sp³-hybridized carbons (Fsp3) is 0.480. The first-order valence-electron chi connectivity index (χ1n) is 11.6. The van der Waals surface area contributed by atoms with E-state index in [-0.39, 0.29) is 40.2 Å². The average molecular weight is 483 g/mol. The zero-order chi connectivity index (χ0) is 25.0. The van der Waals surface area contributed by atoms with Gasteiger partial charge >= 0.3 is 6.01 Å². The fourth-order valence-corrected chi connectivity index (χ4v) is 5.80. The summed E-state index contributed by atoms with van der Waals surface area (Å²) in [6.07, 6.45) is 5.21. The number of methoxy groups -OCH3 is 1. The number of phenols is 1. The smallest absolute Gasteiger partial charge is 0.316 e. The van der Waals surface area contributed by atoms with E-state index in [0.29, 0.717) is 16.9 Å². The van der Waals surface area contributed by atoms with Gasteiger partial charge < -0.3 is 14.7 Å². The molecule has 8 nitrogen and oxygen atoms in total. The number of halogens is 2. The number of ether oxygens (including phenoxy) is 1. The number of aromatic nitrogens is 5. The number of benzene rings is 1. The summed E-state index contributed by atoms with van der Waals surface area (Å²) in [5.74, 6) is -0.128. The molecule has 0 saturated heterocycles. The number of hydrogen-bond acceptors (Lipinski definition) is 8. The molecule has 10 heteroatoms. The first-order valence-corrected chi connectivity index (χ1v) is 11.6. The van der Waals surface area contributed by atoms with Crippen LogP contribution in [-0.4, -0.2) is 56.6 Å². The van der Waals surface area contributed by atoms with E-state index in [0.717, 1.165) is 31.9 Å². The number of nitrogens with zero attached hydrogens (tertiary/aromatic N) is 6. The molecule has 0 spiro atoms. The molecule has 2 fully saturated rings. The van der Waals surface area contributed by atoms with Gasteiger partial charge in [0.05, 0.1) is 31.1 Å². The predicted molar refractivity (Wildman–Crippen MR) is 126 cm³/mol. The monoisotopic (exact) mass is 482 g/mol. The molecule has 0 radical (unpaired) electrons. The summed E-state index contributed by atoms with van der Waals surface area (Å²) in [6, 6.07) is 4.25. The van der Waals surface area contributed by atoms with Crippen molar-refractivity contribution in [2.45, 2.75) is 51.7 Å². The van der Waals surface area contributed by atoms with Crippen LogP contribution in [0.3, 0.4) is 0 Å². The lowest BCUT2D eigenvalue weighted by Crippen LogP contribution is -2.52. The van der Waals surface area contributed by atoms with Crippen molar-refractivity contribution in [2.75, 3.05) is 19.1 Å². The van der Waals surface area contributed by atoms with Gasteiger partial charge in [-0.15, -0.1) is 10.2 Å². The van der Waals surface area contributed by atoms with E-state index in [2.05, 4.69) is 32.1 Å². The summed E-state index contributed by atoms with van der Waals surface area (Å²) in [5.41, 5.74) is 0.498. The topological polar surface area (TPSA) is 97.2 Å². The number of anilines is 1. The van der Waals surface area contributed by atoms with Gasteiger partial charge in [0, 0.05) is 18.0 Å². The molecule has 184 valence electrons. The fourth-order valence-electron chi connectivity index (χ4n) is 5.80. The lowest BCUT2D eigenvalue weighted by atomic mass is 9.67. The Balaban J connectivity index is 1.38. The van der Waals surface area contributed by atoms with Crippen LogP contribution in [0.25, 0.3) is 22.6 Å². The molecule has 5 rings (SSSR count). The molecule has 2 aliphatic carbocycles. The van der Waals surface area contributed by atoms with Crippen LogP contribution in [0.4, 0.5) is 14.6 Å². The number of fused-ring (bicyclic) bond motifs is 2. The van der Waals surface area contributed by atoms with Crippen LogP contribution < -0.4 is 9.64 Å². The van der Waals surface area contributed by atoms with Crippen LogP contribution in [0.1, 0.15) is 39.5 Å². The third-order valence-corrected chi connectivity index (χ3v) is 7.66. The maximum Gasteiger partial charge on any atom is 0.316 e. The van der Waals surface area contributed by atoms with Crippen LogP contribution >= 0.6 is 0 Å². The average Bonchev–Trinajstić information content (AvgIpc) is 3.13. The summed E-state index contributed by atoms with van der Waals surface area (Å²) < 4.78 is 34.7. The van der Waals surface area contributed by atoms with Crippen molar-refractivity contribution in [3.05, 3.63) is 36.4 Å². The quantitative estimate of drug-likeness (QED) is 0.564. The first-order chi connectivity index (χ1) is 16.6. The SMILES string of the molecule is COc1ncc(F)c(-c2ccc(-c3ncc(N(C)[C@H]4C[C@]5(C)CC[C@@](C)(C5)[C@H]4F)nn3)c(O)c2)n1. The molecule has 2 saturated carbocycles. The summed E-state index contributed by atoms with van der Waals surface area (Å²) >= 11 is 0. The minimum Gasteiger partial charge on any atom is -0.507 e.